The second kappa shape index (κ2) is 7.04. The van der Waals surface area contributed by atoms with Gasteiger partial charge in [0.1, 0.15) is 18.7 Å². The fourth-order valence-electron chi connectivity index (χ4n) is 3.46. The topological polar surface area (TPSA) is 80.1 Å². The zero-order chi connectivity index (χ0) is 18.0. The van der Waals surface area contributed by atoms with Crippen molar-refractivity contribution in [2.75, 3.05) is 11.4 Å². The third kappa shape index (κ3) is 3.70. The number of rotatable bonds is 5. The zero-order valence-corrected chi connectivity index (χ0v) is 14.8. The van der Waals surface area contributed by atoms with Crippen molar-refractivity contribution in [2.24, 2.45) is 0 Å². The standard InChI is InChI=1S/C18H23N5O2/c1-12-8-13(2)17(14(3)9-12)23-7-4-15(18(23)25)21-16(24)5-6-22-11-19-10-20-22/h8-11,15H,4-7H2,1-3H3,(H,21,24)/t15-/m0/s1. The Morgan fingerprint density at radius 3 is 2.64 bits per heavy atom. The number of carbonyl (C=O) groups excluding carboxylic acids is 2. The van der Waals surface area contributed by atoms with E-state index >= 15 is 0 Å². The number of hydrogen-bond donors (Lipinski definition) is 1. The van der Waals surface area contributed by atoms with Crippen LogP contribution in [0.15, 0.2) is 24.8 Å². The quantitative estimate of drug-likeness (QED) is 0.894. The van der Waals surface area contributed by atoms with Crippen molar-refractivity contribution < 1.29 is 9.59 Å². The molecule has 2 heterocycles. The fourth-order valence-corrected chi connectivity index (χ4v) is 3.46. The molecule has 0 unspecified atom stereocenters. The molecule has 7 heteroatoms. The first-order valence-corrected chi connectivity index (χ1v) is 8.46. The van der Waals surface area contributed by atoms with Crippen molar-refractivity contribution in [3.8, 4) is 0 Å². The molecule has 3 rings (SSSR count). The van der Waals surface area contributed by atoms with Gasteiger partial charge in [-0.25, -0.2) is 4.98 Å². The van der Waals surface area contributed by atoms with Crippen molar-refractivity contribution in [1.82, 2.24) is 20.1 Å². The van der Waals surface area contributed by atoms with Gasteiger partial charge in [-0.15, -0.1) is 0 Å². The highest BCUT2D eigenvalue weighted by atomic mass is 16.2. The van der Waals surface area contributed by atoms with Gasteiger partial charge in [-0.1, -0.05) is 17.7 Å². The monoisotopic (exact) mass is 341 g/mol. The van der Waals surface area contributed by atoms with Crippen LogP contribution in [-0.2, 0) is 16.1 Å². The number of aromatic nitrogens is 3. The van der Waals surface area contributed by atoms with Gasteiger partial charge < -0.3 is 10.2 Å². The van der Waals surface area contributed by atoms with Crippen LogP contribution in [0.3, 0.4) is 0 Å². The second-order valence-corrected chi connectivity index (χ2v) is 6.55. The van der Waals surface area contributed by atoms with Crippen LogP contribution in [0.4, 0.5) is 5.69 Å². The molecule has 1 aromatic heterocycles. The zero-order valence-electron chi connectivity index (χ0n) is 14.8. The summed E-state index contributed by atoms with van der Waals surface area (Å²) in [5.41, 5.74) is 4.33. The first-order chi connectivity index (χ1) is 12.0. The number of nitrogens with one attached hydrogen (secondary N) is 1. The van der Waals surface area contributed by atoms with E-state index in [1.165, 1.54) is 11.9 Å². The molecule has 0 bridgehead atoms. The van der Waals surface area contributed by atoms with Crippen molar-refractivity contribution in [3.63, 3.8) is 0 Å². The summed E-state index contributed by atoms with van der Waals surface area (Å²) in [6, 6.07) is 3.71. The van der Waals surface area contributed by atoms with Crippen LogP contribution in [0.1, 0.15) is 29.5 Å². The van der Waals surface area contributed by atoms with E-state index in [-0.39, 0.29) is 18.2 Å². The van der Waals surface area contributed by atoms with Crippen LogP contribution in [-0.4, -0.2) is 39.2 Å². The van der Waals surface area contributed by atoms with E-state index in [0.717, 1.165) is 16.8 Å². The predicted octanol–water partition coefficient (Wildman–Crippen LogP) is 1.52. The second-order valence-electron chi connectivity index (χ2n) is 6.55. The number of nitrogens with zero attached hydrogens (tertiary/aromatic N) is 4. The van der Waals surface area contributed by atoms with Gasteiger partial charge in [-0.05, 0) is 38.3 Å². The molecule has 2 aromatic rings. The van der Waals surface area contributed by atoms with Crippen molar-refractivity contribution in [3.05, 3.63) is 41.5 Å². The van der Waals surface area contributed by atoms with Crippen LogP contribution in [0.25, 0.3) is 0 Å². The molecule has 0 aliphatic carbocycles. The van der Waals surface area contributed by atoms with Gasteiger partial charge in [0, 0.05) is 18.7 Å². The summed E-state index contributed by atoms with van der Waals surface area (Å²) in [4.78, 5) is 30.5. The third-order valence-corrected chi connectivity index (χ3v) is 4.48. The lowest BCUT2D eigenvalue weighted by Gasteiger charge is -2.22. The summed E-state index contributed by atoms with van der Waals surface area (Å²) >= 11 is 0. The Kier molecular flexibility index (Phi) is 4.83. The summed E-state index contributed by atoms with van der Waals surface area (Å²) in [5.74, 6) is -0.183. The minimum atomic E-state index is -0.455. The predicted molar refractivity (Wildman–Crippen MR) is 94.2 cm³/mol. The number of benzene rings is 1. The summed E-state index contributed by atoms with van der Waals surface area (Å²) in [5, 5.41) is 6.81. The highest BCUT2D eigenvalue weighted by Gasteiger charge is 2.34. The molecular weight excluding hydrogens is 318 g/mol. The Hall–Kier alpha value is -2.70. The maximum atomic E-state index is 12.7. The molecule has 1 atom stereocenters. The molecule has 25 heavy (non-hydrogen) atoms. The Morgan fingerprint density at radius 1 is 1.28 bits per heavy atom. The van der Waals surface area contributed by atoms with Crippen molar-refractivity contribution >= 4 is 17.5 Å². The number of anilines is 1. The van der Waals surface area contributed by atoms with E-state index in [2.05, 4.69) is 27.5 Å². The Balaban J connectivity index is 1.63. The molecule has 7 nitrogen and oxygen atoms in total. The summed E-state index contributed by atoms with van der Waals surface area (Å²) in [7, 11) is 0. The normalized spacial score (nSPS) is 17.2. The maximum Gasteiger partial charge on any atom is 0.249 e. The average molecular weight is 341 g/mol. The van der Waals surface area contributed by atoms with Gasteiger partial charge in [0.25, 0.3) is 0 Å². The SMILES string of the molecule is Cc1cc(C)c(N2CC[C@H](NC(=O)CCn3cncn3)C2=O)c(C)c1. The minimum Gasteiger partial charge on any atom is -0.344 e. The van der Waals surface area contributed by atoms with E-state index < -0.39 is 6.04 Å². The largest absolute Gasteiger partial charge is 0.344 e. The molecule has 1 aliphatic rings. The van der Waals surface area contributed by atoms with Crippen LogP contribution in [0.2, 0.25) is 0 Å². The molecule has 0 spiro atoms. The summed E-state index contributed by atoms with van der Waals surface area (Å²) in [6.45, 7) is 7.16. The van der Waals surface area contributed by atoms with E-state index in [4.69, 9.17) is 0 Å². The van der Waals surface area contributed by atoms with Gasteiger partial charge in [-0.3, -0.25) is 14.3 Å². The van der Waals surface area contributed by atoms with Crippen molar-refractivity contribution in [2.45, 2.75) is 46.2 Å². The molecule has 0 saturated carbocycles. The molecule has 2 amide bonds. The lowest BCUT2D eigenvalue weighted by atomic mass is 10.0. The Morgan fingerprint density at radius 2 is 2.00 bits per heavy atom. The van der Waals surface area contributed by atoms with Gasteiger partial charge in [-0.2, -0.15) is 5.10 Å². The number of carbonyl (C=O) groups is 2. The highest BCUT2D eigenvalue weighted by molar-refractivity contribution is 6.02. The number of hydrogen-bond acceptors (Lipinski definition) is 4. The fraction of sp³-hybridized carbons (Fsp3) is 0.444. The van der Waals surface area contributed by atoms with E-state index in [1.54, 1.807) is 15.9 Å². The highest BCUT2D eigenvalue weighted by Crippen LogP contribution is 2.30. The van der Waals surface area contributed by atoms with Gasteiger partial charge >= 0.3 is 0 Å². The summed E-state index contributed by atoms with van der Waals surface area (Å²) in [6.07, 6.45) is 3.90. The van der Waals surface area contributed by atoms with E-state index in [9.17, 15) is 9.59 Å². The first kappa shape index (κ1) is 17.1. The van der Waals surface area contributed by atoms with Crippen LogP contribution >= 0.6 is 0 Å². The lowest BCUT2D eigenvalue weighted by Crippen LogP contribution is -2.42. The van der Waals surface area contributed by atoms with Gasteiger partial charge in [0.15, 0.2) is 0 Å². The molecule has 1 N–H and O–H groups in total. The van der Waals surface area contributed by atoms with Crippen LogP contribution < -0.4 is 10.2 Å². The smallest absolute Gasteiger partial charge is 0.249 e. The van der Waals surface area contributed by atoms with Gasteiger partial charge in [0.2, 0.25) is 11.8 Å². The average Bonchev–Trinajstić information content (AvgIpc) is 3.17. The van der Waals surface area contributed by atoms with E-state index in [1.807, 2.05) is 20.8 Å². The maximum absolute atomic E-state index is 12.7. The molecule has 132 valence electrons. The minimum absolute atomic E-state index is 0.0378. The van der Waals surface area contributed by atoms with Crippen LogP contribution in [0, 0.1) is 20.8 Å². The molecule has 1 fully saturated rings. The number of aryl methyl sites for hydroxylation is 4. The molecule has 1 saturated heterocycles. The van der Waals surface area contributed by atoms with Gasteiger partial charge in [0.05, 0.1) is 6.54 Å². The summed E-state index contributed by atoms with van der Waals surface area (Å²) < 4.78 is 1.60. The lowest BCUT2D eigenvalue weighted by molar-refractivity contribution is -0.126. The molecule has 0 radical (unpaired) electrons. The van der Waals surface area contributed by atoms with Crippen molar-refractivity contribution in [1.29, 1.82) is 0 Å². The molecule has 1 aromatic carbocycles. The van der Waals surface area contributed by atoms with Crippen LogP contribution in [0.5, 0.6) is 0 Å². The Bertz CT molecular complexity index is 762. The number of amides is 2. The molecule has 1 aliphatic heterocycles. The molecular formula is C18H23N5O2. The van der Waals surface area contributed by atoms with E-state index in [0.29, 0.717) is 19.5 Å². The Labute approximate surface area is 147 Å². The first-order valence-electron chi connectivity index (χ1n) is 8.46. The third-order valence-electron chi connectivity index (χ3n) is 4.48.